The number of hydrazone groups is 1. The molecule has 0 saturated heterocycles. The van der Waals surface area contributed by atoms with Crippen LogP contribution in [0.25, 0.3) is 0 Å². The molecule has 0 atom stereocenters. The predicted molar refractivity (Wildman–Crippen MR) is 71.1 cm³/mol. The van der Waals surface area contributed by atoms with Crippen LogP contribution in [0, 0.1) is 18.6 Å². The quantitative estimate of drug-likeness (QED) is 0.520. The molecule has 0 saturated carbocycles. The molecule has 0 spiro atoms. The summed E-state index contributed by atoms with van der Waals surface area (Å²) in [5, 5.41) is 5.73. The van der Waals surface area contributed by atoms with Crippen LogP contribution in [0.15, 0.2) is 22.6 Å². The van der Waals surface area contributed by atoms with Crippen LogP contribution in [-0.2, 0) is 0 Å². The number of hydrogen-bond donors (Lipinski definition) is 1. The number of alkyl halides is 3. The molecule has 0 aliphatic heterocycles. The molecule has 2 aromatic rings. The molecule has 0 fully saturated rings. The minimum atomic E-state index is -5.03. The molecule has 1 heterocycles. The number of halogens is 5. The fourth-order valence-corrected chi connectivity index (χ4v) is 2.07. The van der Waals surface area contributed by atoms with E-state index in [1.807, 2.05) is 0 Å². The second-order valence-electron chi connectivity index (χ2n) is 4.01. The summed E-state index contributed by atoms with van der Waals surface area (Å²) in [6, 6.07) is 0.844. The summed E-state index contributed by atoms with van der Waals surface area (Å²) in [6.45, 7) is 1.75. The van der Waals surface area contributed by atoms with Gasteiger partial charge in [0.15, 0.2) is 0 Å². The van der Waals surface area contributed by atoms with Gasteiger partial charge in [-0.1, -0.05) is 0 Å². The van der Waals surface area contributed by atoms with Crippen LogP contribution in [-0.4, -0.2) is 17.6 Å². The SMILES string of the molecule is Cc1csc(NN=Cc2c(F)cc(OC(F)(F)F)cc2F)n1. The molecule has 4 nitrogen and oxygen atoms in total. The van der Waals surface area contributed by atoms with Crippen molar-refractivity contribution < 1.29 is 26.7 Å². The van der Waals surface area contributed by atoms with E-state index in [1.54, 1.807) is 12.3 Å². The number of nitrogens with zero attached hydrogens (tertiary/aromatic N) is 2. The number of nitrogens with one attached hydrogen (secondary N) is 1. The lowest BCUT2D eigenvalue weighted by Crippen LogP contribution is -2.17. The third-order valence-corrected chi connectivity index (χ3v) is 3.12. The first-order valence-electron chi connectivity index (χ1n) is 5.70. The van der Waals surface area contributed by atoms with Crippen molar-refractivity contribution in [3.8, 4) is 5.75 Å². The van der Waals surface area contributed by atoms with Crippen LogP contribution in [0.2, 0.25) is 0 Å². The Labute approximate surface area is 125 Å². The summed E-state index contributed by atoms with van der Waals surface area (Å²) >= 11 is 1.23. The first-order valence-corrected chi connectivity index (χ1v) is 6.58. The van der Waals surface area contributed by atoms with Gasteiger partial charge < -0.3 is 4.74 Å². The number of anilines is 1. The third kappa shape index (κ3) is 4.38. The molecule has 22 heavy (non-hydrogen) atoms. The van der Waals surface area contributed by atoms with Gasteiger partial charge >= 0.3 is 6.36 Å². The Bertz CT molecular complexity index is 675. The summed E-state index contributed by atoms with van der Waals surface area (Å²) in [4.78, 5) is 4.00. The predicted octanol–water partition coefficient (Wildman–Crippen LogP) is 4.07. The Balaban J connectivity index is 2.14. The first kappa shape index (κ1) is 16.1. The molecule has 0 aliphatic carbocycles. The second-order valence-corrected chi connectivity index (χ2v) is 4.87. The minimum absolute atomic E-state index is 0.409. The molecule has 118 valence electrons. The zero-order chi connectivity index (χ0) is 16.3. The largest absolute Gasteiger partial charge is 0.573 e. The van der Waals surface area contributed by atoms with E-state index in [0.717, 1.165) is 11.9 Å². The highest BCUT2D eigenvalue weighted by Gasteiger charge is 2.31. The summed E-state index contributed by atoms with van der Waals surface area (Å²) in [7, 11) is 0. The van der Waals surface area contributed by atoms with Gasteiger partial charge in [0.05, 0.1) is 17.5 Å². The molecule has 0 amide bonds. The molecular weight excluding hydrogens is 329 g/mol. The highest BCUT2D eigenvalue weighted by molar-refractivity contribution is 7.13. The van der Waals surface area contributed by atoms with Gasteiger partial charge in [-0.3, -0.25) is 5.43 Å². The van der Waals surface area contributed by atoms with Crippen molar-refractivity contribution in [2.24, 2.45) is 5.10 Å². The van der Waals surface area contributed by atoms with E-state index in [1.165, 1.54) is 11.3 Å². The number of rotatable bonds is 4. The Morgan fingerprint density at radius 2 is 1.91 bits per heavy atom. The molecule has 0 unspecified atom stereocenters. The Hall–Kier alpha value is -2.23. The van der Waals surface area contributed by atoms with Crippen molar-refractivity contribution in [3.05, 3.63) is 40.4 Å². The maximum atomic E-state index is 13.6. The van der Waals surface area contributed by atoms with Gasteiger partial charge in [-0.25, -0.2) is 13.8 Å². The summed E-state index contributed by atoms with van der Waals surface area (Å²) in [6.07, 6.45) is -4.22. The monoisotopic (exact) mass is 337 g/mol. The average Bonchev–Trinajstić information content (AvgIpc) is 2.76. The van der Waals surface area contributed by atoms with E-state index in [0.29, 0.717) is 17.3 Å². The maximum absolute atomic E-state index is 13.6. The Morgan fingerprint density at radius 3 is 2.41 bits per heavy atom. The highest BCUT2D eigenvalue weighted by atomic mass is 32.1. The van der Waals surface area contributed by atoms with Crippen LogP contribution in [0.5, 0.6) is 5.75 Å². The van der Waals surface area contributed by atoms with Crippen LogP contribution in [0.1, 0.15) is 11.3 Å². The van der Waals surface area contributed by atoms with Crippen molar-refractivity contribution in [3.63, 3.8) is 0 Å². The first-order chi connectivity index (χ1) is 10.2. The van der Waals surface area contributed by atoms with Gasteiger partial charge in [-0.2, -0.15) is 5.10 Å². The van der Waals surface area contributed by atoms with Gasteiger partial charge in [-0.05, 0) is 6.92 Å². The van der Waals surface area contributed by atoms with Crippen molar-refractivity contribution in [1.29, 1.82) is 0 Å². The van der Waals surface area contributed by atoms with Crippen LogP contribution in [0.4, 0.5) is 27.1 Å². The van der Waals surface area contributed by atoms with Gasteiger partial charge in [0.1, 0.15) is 17.4 Å². The second kappa shape index (κ2) is 6.26. The van der Waals surface area contributed by atoms with Gasteiger partial charge in [0.25, 0.3) is 0 Å². The molecule has 1 N–H and O–H groups in total. The third-order valence-electron chi connectivity index (χ3n) is 2.26. The summed E-state index contributed by atoms with van der Waals surface area (Å²) < 4.78 is 66.6. The smallest absolute Gasteiger partial charge is 0.406 e. The van der Waals surface area contributed by atoms with Crippen LogP contribution in [0.3, 0.4) is 0 Å². The number of hydrogen-bond acceptors (Lipinski definition) is 5. The molecular formula is C12H8F5N3OS. The molecule has 10 heteroatoms. The fourth-order valence-electron chi connectivity index (χ4n) is 1.43. The fraction of sp³-hybridized carbons (Fsp3) is 0.167. The van der Waals surface area contributed by atoms with E-state index < -0.39 is 29.3 Å². The number of ether oxygens (including phenoxy) is 1. The van der Waals surface area contributed by atoms with E-state index in [9.17, 15) is 22.0 Å². The van der Waals surface area contributed by atoms with Crippen molar-refractivity contribution >= 4 is 22.7 Å². The summed E-state index contributed by atoms with van der Waals surface area (Å²) in [5.41, 5.74) is 2.60. The number of benzene rings is 1. The van der Waals surface area contributed by atoms with E-state index >= 15 is 0 Å². The normalized spacial score (nSPS) is 11.9. The number of aryl methyl sites for hydroxylation is 1. The van der Waals surface area contributed by atoms with Crippen molar-refractivity contribution in [1.82, 2.24) is 4.98 Å². The molecule has 1 aromatic carbocycles. The van der Waals surface area contributed by atoms with Gasteiger partial charge in [0, 0.05) is 17.5 Å². The molecule has 2 rings (SSSR count). The van der Waals surface area contributed by atoms with E-state index in [-0.39, 0.29) is 0 Å². The molecule has 0 radical (unpaired) electrons. The topological polar surface area (TPSA) is 46.5 Å². The van der Waals surface area contributed by atoms with E-state index in [4.69, 9.17) is 0 Å². The lowest BCUT2D eigenvalue weighted by atomic mass is 10.2. The van der Waals surface area contributed by atoms with Gasteiger partial charge in [0.2, 0.25) is 5.13 Å². The average molecular weight is 337 g/mol. The van der Waals surface area contributed by atoms with Crippen LogP contribution >= 0.6 is 11.3 Å². The number of aromatic nitrogens is 1. The number of thiazole rings is 1. The molecule has 0 aliphatic rings. The zero-order valence-electron chi connectivity index (χ0n) is 10.9. The zero-order valence-corrected chi connectivity index (χ0v) is 11.7. The lowest BCUT2D eigenvalue weighted by molar-refractivity contribution is -0.274. The minimum Gasteiger partial charge on any atom is -0.406 e. The molecule has 0 bridgehead atoms. The Kier molecular flexibility index (Phi) is 4.59. The van der Waals surface area contributed by atoms with Gasteiger partial charge in [-0.15, -0.1) is 24.5 Å². The standard InChI is InChI=1S/C12H8F5N3OS/c1-6-5-22-11(19-6)20-18-4-8-9(13)2-7(3-10(8)14)21-12(15,16)17/h2-5H,1H3,(H,19,20). The van der Waals surface area contributed by atoms with Crippen molar-refractivity contribution in [2.75, 3.05) is 5.43 Å². The highest BCUT2D eigenvalue weighted by Crippen LogP contribution is 2.26. The van der Waals surface area contributed by atoms with Crippen LogP contribution < -0.4 is 10.2 Å². The van der Waals surface area contributed by atoms with E-state index in [2.05, 4.69) is 20.2 Å². The maximum Gasteiger partial charge on any atom is 0.573 e. The molecule has 1 aromatic heterocycles. The van der Waals surface area contributed by atoms with Crippen molar-refractivity contribution in [2.45, 2.75) is 13.3 Å². The lowest BCUT2D eigenvalue weighted by Gasteiger charge is -2.09. The Morgan fingerprint density at radius 1 is 1.27 bits per heavy atom. The summed E-state index contributed by atoms with van der Waals surface area (Å²) in [5.74, 6) is -3.46.